The summed E-state index contributed by atoms with van der Waals surface area (Å²) in [7, 11) is 0. The van der Waals surface area contributed by atoms with E-state index >= 15 is 0 Å². The maximum absolute atomic E-state index is 12.1. The third-order valence-electron chi connectivity index (χ3n) is 2.96. The molecule has 0 N–H and O–H groups in total. The zero-order valence-corrected chi connectivity index (χ0v) is 11.0. The first-order chi connectivity index (χ1) is 8.11. The Morgan fingerprint density at radius 2 is 1.53 bits per heavy atom. The Bertz CT molecular complexity index is 471. The molecule has 0 spiro atoms. The van der Waals surface area contributed by atoms with Crippen LogP contribution >= 0.6 is 0 Å². The van der Waals surface area contributed by atoms with Crippen LogP contribution in [0.2, 0.25) is 0 Å². The first kappa shape index (κ1) is 13.7. The molecule has 1 aromatic rings. The van der Waals surface area contributed by atoms with E-state index in [0.717, 1.165) is 31.4 Å². The lowest BCUT2D eigenvalue weighted by Crippen LogP contribution is -2.40. The van der Waals surface area contributed by atoms with Crippen molar-refractivity contribution in [3.8, 4) is 0 Å². The molecule has 0 aliphatic rings. The summed E-state index contributed by atoms with van der Waals surface area (Å²) < 4.78 is 3.06. The second kappa shape index (κ2) is 6.42. The molecule has 0 atom stereocenters. The molecule has 0 aliphatic heterocycles. The molecular weight excluding hydrogens is 216 g/mol. The number of hydrogen-bond acceptors (Lipinski definition) is 2. The van der Waals surface area contributed by atoms with Crippen LogP contribution in [0, 0.1) is 6.92 Å². The van der Waals surface area contributed by atoms with Gasteiger partial charge in [-0.15, -0.1) is 0 Å². The van der Waals surface area contributed by atoms with Crippen molar-refractivity contribution in [2.75, 3.05) is 0 Å². The standard InChI is InChI=1S/C13H22N2O2/c1-4-6-8-14-11(3)10-12(16)15(13(14)17)9-7-5-2/h10H,4-9H2,1-3H3. The number of nitrogens with zero attached hydrogens (tertiary/aromatic N) is 2. The second-order valence-electron chi connectivity index (χ2n) is 4.42. The van der Waals surface area contributed by atoms with Gasteiger partial charge < -0.3 is 0 Å². The van der Waals surface area contributed by atoms with Gasteiger partial charge in [0.15, 0.2) is 0 Å². The summed E-state index contributed by atoms with van der Waals surface area (Å²) in [5.74, 6) is 0. The first-order valence-corrected chi connectivity index (χ1v) is 6.43. The summed E-state index contributed by atoms with van der Waals surface area (Å²) >= 11 is 0. The maximum atomic E-state index is 12.1. The molecular formula is C13H22N2O2. The minimum atomic E-state index is -0.173. The van der Waals surface area contributed by atoms with Gasteiger partial charge >= 0.3 is 5.69 Å². The first-order valence-electron chi connectivity index (χ1n) is 6.43. The van der Waals surface area contributed by atoms with Crippen LogP contribution in [0.5, 0.6) is 0 Å². The average Bonchev–Trinajstić information content (AvgIpc) is 2.28. The third-order valence-corrected chi connectivity index (χ3v) is 2.96. The summed E-state index contributed by atoms with van der Waals surface area (Å²) in [6, 6.07) is 1.56. The fourth-order valence-corrected chi connectivity index (χ4v) is 1.84. The molecule has 0 amide bonds. The zero-order valence-electron chi connectivity index (χ0n) is 11.0. The Hall–Kier alpha value is -1.32. The predicted octanol–water partition coefficient (Wildman–Crippen LogP) is 1.92. The van der Waals surface area contributed by atoms with Crippen LogP contribution < -0.4 is 11.2 Å². The van der Waals surface area contributed by atoms with E-state index in [9.17, 15) is 9.59 Å². The summed E-state index contributed by atoms with van der Waals surface area (Å²) in [4.78, 5) is 23.9. The van der Waals surface area contributed by atoms with Gasteiger partial charge in [-0.25, -0.2) is 4.79 Å². The highest BCUT2D eigenvalue weighted by Gasteiger charge is 2.07. The van der Waals surface area contributed by atoms with Crippen molar-refractivity contribution in [3.63, 3.8) is 0 Å². The molecule has 0 bridgehead atoms. The van der Waals surface area contributed by atoms with Crippen LogP contribution in [-0.2, 0) is 13.1 Å². The van der Waals surface area contributed by atoms with Crippen LogP contribution in [0.25, 0.3) is 0 Å². The molecule has 0 aromatic carbocycles. The van der Waals surface area contributed by atoms with Crippen molar-refractivity contribution in [3.05, 3.63) is 32.6 Å². The molecule has 0 saturated carbocycles. The number of aromatic nitrogens is 2. The van der Waals surface area contributed by atoms with Gasteiger partial charge in [0.1, 0.15) is 0 Å². The van der Waals surface area contributed by atoms with Crippen LogP contribution in [0.3, 0.4) is 0 Å². The zero-order chi connectivity index (χ0) is 12.8. The van der Waals surface area contributed by atoms with Gasteiger partial charge in [-0.1, -0.05) is 26.7 Å². The third kappa shape index (κ3) is 3.32. The SMILES string of the molecule is CCCCn1c(C)cc(=O)n(CCCC)c1=O. The molecule has 4 heteroatoms. The predicted molar refractivity (Wildman–Crippen MR) is 69.5 cm³/mol. The number of unbranched alkanes of at least 4 members (excludes halogenated alkanes) is 2. The smallest absolute Gasteiger partial charge is 0.298 e. The van der Waals surface area contributed by atoms with Crippen molar-refractivity contribution in [1.29, 1.82) is 0 Å². The van der Waals surface area contributed by atoms with Crippen molar-refractivity contribution in [2.45, 2.75) is 59.5 Å². The molecule has 1 rings (SSSR count). The Balaban J connectivity index is 3.13. The van der Waals surface area contributed by atoms with Crippen LogP contribution in [-0.4, -0.2) is 9.13 Å². The molecule has 17 heavy (non-hydrogen) atoms. The lowest BCUT2D eigenvalue weighted by molar-refractivity contribution is 0.508. The minimum Gasteiger partial charge on any atom is -0.298 e. The summed E-state index contributed by atoms with van der Waals surface area (Å²) in [6.07, 6.45) is 3.85. The van der Waals surface area contributed by atoms with Crippen LogP contribution in [0.15, 0.2) is 15.7 Å². The van der Waals surface area contributed by atoms with E-state index in [1.54, 1.807) is 10.6 Å². The molecule has 0 unspecified atom stereocenters. The normalized spacial score (nSPS) is 10.8. The van der Waals surface area contributed by atoms with Gasteiger partial charge in [0, 0.05) is 24.8 Å². The molecule has 4 nitrogen and oxygen atoms in total. The van der Waals surface area contributed by atoms with Crippen LogP contribution in [0.4, 0.5) is 0 Å². The molecule has 0 saturated heterocycles. The number of aryl methyl sites for hydroxylation is 1. The van der Waals surface area contributed by atoms with E-state index in [4.69, 9.17) is 0 Å². The summed E-state index contributed by atoms with van der Waals surface area (Å²) in [5, 5.41) is 0. The quantitative estimate of drug-likeness (QED) is 0.760. The highest BCUT2D eigenvalue weighted by Crippen LogP contribution is 1.96. The molecule has 96 valence electrons. The molecule has 0 aliphatic carbocycles. The Morgan fingerprint density at radius 1 is 1.00 bits per heavy atom. The monoisotopic (exact) mass is 238 g/mol. The van der Waals surface area contributed by atoms with E-state index in [1.165, 1.54) is 4.57 Å². The van der Waals surface area contributed by atoms with Crippen molar-refractivity contribution < 1.29 is 0 Å². The maximum Gasteiger partial charge on any atom is 0.331 e. The largest absolute Gasteiger partial charge is 0.331 e. The van der Waals surface area contributed by atoms with E-state index < -0.39 is 0 Å². The van der Waals surface area contributed by atoms with E-state index in [1.807, 2.05) is 6.92 Å². The molecule has 1 aromatic heterocycles. The Labute approximate surface area is 102 Å². The van der Waals surface area contributed by atoms with Gasteiger partial charge in [-0.2, -0.15) is 0 Å². The van der Waals surface area contributed by atoms with Gasteiger partial charge in [0.25, 0.3) is 5.56 Å². The van der Waals surface area contributed by atoms with Crippen LogP contribution in [0.1, 0.15) is 45.2 Å². The van der Waals surface area contributed by atoms with Crippen molar-refractivity contribution in [2.24, 2.45) is 0 Å². The van der Waals surface area contributed by atoms with Gasteiger partial charge in [0.2, 0.25) is 0 Å². The fraction of sp³-hybridized carbons (Fsp3) is 0.692. The minimum absolute atomic E-state index is 0.156. The molecule has 0 fully saturated rings. The van der Waals surface area contributed by atoms with E-state index in [-0.39, 0.29) is 11.2 Å². The summed E-state index contributed by atoms with van der Waals surface area (Å²) in [5.41, 5.74) is 0.437. The highest BCUT2D eigenvalue weighted by atomic mass is 16.2. The Morgan fingerprint density at radius 3 is 2.06 bits per heavy atom. The number of hydrogen-bond donors (Lipinski definition) is 0. The van der Waals surface area contributed by atoms with E-state index in [2.05, 4.69) is 13.8 Å². The van der Waals surface area contributed by atoms with E-state index in [0.29, 0.717) is 13.1 Å². The lowest BCUT2D eigenvalue weighted by atomic mass is 10.3. The topological polar surface area (TPSA) is 44.0 Å². The highest BCUT2D eigenvalue weighted by molar-refractivity contribution is 5.00. The second-order valence-corrected chi connectivity index (χ2v) is 4.42. The van der Waals surface area contributed by atoms with Gasteiger partial charge in [0.05, 0.1) is 0 Å². The van der Waals surface area contributed by atoms with Crippen molar-refractivity contribution in [1.82, 2.24) is 9.13 Å². The van der Waals surface area contributed by atoms with Gasteiger partial charge in [-0.05, 0) is 19.8 Å². The van der Waals surface area contributed by atoms with Crippen molar-refractivity contribution >= 4 is 0 Å². The number of rotatable bonds is 6. The Kier molecular flexibility index (Phi) is 5.19. The molecule has 1 heterocycles. The van der Waals surface area contributed by atoms with Gasteiger partial charge in [-0.3, -0.25) is 13.9 Å². The average molecular weight is 238 g/mol. The molecule has 0 radical (unpaired) electrons. The fourth-order valence-electron chi connectivity index (χ4n) is 1.84. The summed E-state index contributed by atoms with van der Waals surface area (Å²) in [6.45, 7) is 7.19. The lowest BCUT2D eigenvalue weighted by Gasteiger charge is -2.12.